The molecule has 17 heavy (non-hydrogen) atoms. The number of hydrogen-bond donors (Lipinski definition) is 1. The van der Waals surface area contributed by atoms with Crippen LogP contribution >= 0.6 is 34.3 Å². The Labute approximate surface area is 112 Å². The Morgan fingerprint density at radius 1 is 1.47 bits per heavy atom. The fourth-order valence-electron chi connectivity index (χ4n) is 1.19. The maximum Gasteiger partial charge on any atom is 0.267 e. The zero-order valence-electron chi connectivity index (χ0n) is 8.85. The van der Waals surface area contributed by atoms with Gasteiger partial charge in [0.2, 0.25) is 5.13 Å². The first-order valence-corrected chi connectivity index (χ1v) is 7.26. The zero-order valence-corrected chi connectivity index (χ0v) is 11.2. The summed E-state index contributed by atoms with van der Waals surface area (Å²) < 4.78 is 0. The first kappa shape index (κ1) is 12.5. The van der Waals surface area contributed by atoms with Gasteiger partial charge in [-0.1, -0.05) is 17.4 Å². The lowest BCUT2D eigenvalue weighted by Gasteiger charge is -1.96. The van der Waals surface area contributed by atoms with E-state index in [4.69, 9.17) is 11.6 Å². The Morgan fingerprint density at radius 3 is 3.06 bits per heavy atom. The molecule has 0 aliphatic heterocycles. The molecule has 2 aromatic heterocycles. The molecule has 0 aromatic carbocycles. The van der Waals surface area contributed by atoms with E-state index in [1.54, 1.807) is 6.07 Å². The van der Waals surface area contributed by atoms with E-state index in [1.807, 2.05) is 11.4 Å². The van der Waals surface area contributed by atoms with Crippen LogP contribution in [0.4, 0.5) is 5.13 Å². The number of carbonyl (C=O) groups is 1. The third-order valence-corrected chi connectivity index (χ3v) is 3.99. The van der Waals surface area contributed by atoms with Crippen molar-refractivity contribution in [1.82, 2.24) is 10.2 Å². The second-order valence-electron chi connectivity index (χ2n) is 3.22. The van der Waals surface area contributed by atoms with Crippen molar-refractivity contribution in [2.75, 3.05) is 11.2 Å². The molecule has 0 saturated heterocycles. The minimum Gasteiger partial charge on any atom is -0.296 e. The Hall–Kier alpha value is -0.980. The van der Waals surface area contributed by atoms with Crippen LogP contribution in [0.5, 0.6) is 0 Å². The smallest absolute Gasteiger partial charge is 0.267 e. The van der Waals surface area contributed by atoms with Gasteiger partial charge >= 0.3 is 0 Å². The molecule has 0 aliphatic carbocycles. The number of aromatic nitrogens is 2. The van der Waals surface area contributed by atoms with Crippen LogP contribution in [0.1, 0.15) is 21.1 Å². The second-order valence-corrected chi connectivity index (χ2v) is 5.61. The summed E-state index contributed by atoms with van der Waals surface area (Å²) in [6.45, 7) is 0. The van der Waals surface area contributed by atoms with Crippen LogP contribution in [0.3, 0.4) is 0 Å². The minimum absolute atomic E-state index is 0.139. The maximum atomic E-state index is 11.7. The summed E-state index contributed by atoms with van der Waals surface area (Å²) in [6.07, 6.45) is 1.67. The molecule has 0 radical (unpaired) electrons. The largest absolute Gasteiger partial charge is 0.296 e. The molecule has 0 fully saturated rings. The molecule has 4 nitrogen and oxygen atoms in total. The lowest BCUT2D eigenvalue weighted by atomic mass is 10.4. The standard InChI is InChI=1S/C10H10ClN3OS2/c11-5-1-4-8-13-14-10(17-8)12-9(15)7-3-2-6-16-7/h2-3,6H,1,4-5H2,(H,12,14,15). The molecule has 7 heteroatoms. The summed E-state index contributed by atoms with van der Waals surface area (Å²) in [7, 11) is 0. The van der Waals surface area contributed by atoms with Crippen molar-refractivity contribution in [2.24, 2.45) is 0 Å². The molecule has 0 aliphatic rings. The summed E-state index contributed by atoms with van der Waals surface area (Å²) in [5, 5.41) is 13.9. The van der Waals surface area contributed by atoms with Crippen molar-refractivity contribution in [3.63, 3.8) is 0 Å². The number of amides is 1. The van der Waals surface area contributed by atoms with Gasteiger partial charge in [-0.05, 0) is 17.9 Å². The van der Waals surface area contributed by atoms with Crippen LogP contribution in [0.15, 0.2) is 17.5 Å². The van der Waals surface area contributed by atoms with Gasteiger partial charge in [-0.15, -0.1) is 33.1 Å². The fourth-order valence-corrected chi connectivity index (χ4v) is 2.72. The second kappa shape index (κ2) is 6.09. The van der Waals surface area contributed by atoms with E-state index in [-0.39, 0.29) is 5.91 Å². The van der Waals surface area contributed by atoms with Crippen molar-refractivity contribution in [3.05, 3.63) is 27.4 Å². The average Bonchev–Trinajstić information content (AvgIpc) is 2.97. The number of nitrogens with zero attached hydrogens (tertiary/aromatic N) is 2. The van der Waals surface area contributed by atoms with E-state index in [9.17, 15) is 4.79 Å². The van der Waals surface area contributed by atoms with Crippen LogP contribution in [0.2, 0.25) is 0 Å². The number of hydrogen-bond acceptors (Lipinski definition) is 5. The molecule has 0 unspecified atom stereocenters. The predicted molar refractivity (Wildman–Crippen MR) is 71.2 cm³/mol. The number of alkyl halides is 1. The molecule has 0 saturated carbocycles. The molecule has 0 atom stereocenters. The van der Waals surface area contributed by atoms with Crippen molar-refractivity contribution < 1.29 is 4.79 Å². The summed E-state index contributed by atoms with van der Waals surface area (Å²) >= 11 is 8.39. The topological polar surface area (TPSA) is 54.9 Å². The number of thiophene rings is 1. The number of nitrogens with one attached hydrogen (secondary N) is 1. The Morgan fingerprint density at radius 2 is 2.35 bits per heavy atom. The summed E-state index contributed by atoms with van der Waals surface area (Å²) in [5.74, 6) is 0.469. The molecule has 0 bridgehead atoms. The normalized spacial score (nSPS) is 10.4. The van der Waals surface area contributed by atoms with Gasteiger partial charge in [0, 0.05) is 12.3 Å². The lowest BCUT2D eigenvalue weighted by Crippen LogP contribution is -2.09. The van der Waals surface area contributed by atoms with E-state index in [0.717, 1.165) is 17.8 Å². The SMILES string of the molecule is O=C(Nc1nnc(CCCCl)s1)c1cccs1. The number of carbonyl (C=O) groups excluding carboxylic acids is 1. The molecular formula is C10H10ClN3OS2. The fraction of sp³-hybridized carbons (Fsp3) is 0.300. The molecule has 2 aromatic rings. The van der Waals surface area contributed by atoms with E-state index < -0.39 is 0 Å². The number of rotatable bonds is 5. The summed E-state index contributed by atoms with van der Waals surface area (Å²) in [5.41, 5.74) is 0. The van der Waals surface area contributed by atoms with Crippen molar-refractivity contribution in [1.29, 1.82) is 0 Å². The molecular weight excluding hydrogens is 278 g/mol. The van der Waals surface area contributed by atoms with Gasteiger partial charge in [-0.2, -0.15) is 0 Å². The minimum atomic E-state index is -0.139. The monoisotopic (exact) mass is 287 g/mol. The highest BCUT2D eigenvalue weighted by Crippen LogP contribution is 2.18. The molecule has 90 valence electrons. The molecule has 1 amide bonds. The first-order chi connectivity index (χ1) is 8.29. The maximum absolute atomic E-state index is 11.7. The molecule has 0 spiro atoms. The van der Waals surface area contributed by atoms with Gasteiger partial charge in [0.15, 0.2) is 0 Å². The average molecular weight is 288 g/mol. The highest BCUT2D eigenvalue weighted by Gasteiger charge is 2.10. The first-order valence-electron chi connectivity index (χ1n) is 5.03. The third-order valence-electron chi connectivity index (χ3n) is 1.96. The Balaban J connectivity index is 1.95. The van der Waals surface area contributed by atoms with Gasteiger partial charge in [-0.3, -0.25) is 10.1 Å². The molecule has 2 rings (SSSR count). The lowest BCUT2D eigenvalue weighted by molar-refractivity contribution is 0.103. The van der Waals surface area contributed by atoms with Crippen molar-refractivity contribution in [3.8, 4) is 0 Å². The summed E-state index contributed by atoms with van der Waals surface area (Å²) in [6, 6.07) is 3.61. The van der Waals surface area contributed by atoms with Crippen LogP contribution in [-0.2, 0) is 6.42 Å². The van der Waals surface area contributed by atoms with Gasteiger partial charge in [0.25, 0.3) is 5.91 Å². The third kappa shape index (κ3) is 3.49. The zero-order chi connectivity index (χ0) is 12.1. The quantitative estimate of drug-likeness (QED) is 0.860. The highest BCUT2D eigenvalue weighted by atomic mass is 35.5. The number of aryl methyl sites for hydroxylation is 1. The number of halogens is 1. The Bertz CT molecular complexity index is 483. The van der Waals surface area contributed by atoms with Crippen LogP contribution in [0, 0.1) is 0 Å². The predicted octanol–water partition coefficient (Wildman–Crippen LogP) is 3.02. The van der Waals surface area contributed by atoms with Gasteiger partial charge in [-0.25, -0.2) is 0 Å². The molecule has 1 N–H and O–H groups in total. The van der Waals surface area contributed by atoms with Gasteiger partial charge in [0.05, 0.1) is 4.88 Å². The van der Waals surface area contributed by atoms with Crippen LogP contribution in [0.25, 0.3) is 0 Å². The van der Waals surface area contributed by atoms with E-state index in [0.29, 0.717) is 15.9 Å². The van der Waals surface area contributed by atoms with Gasteiger partial charge < -0.3 is 0 Å². The highest BCUT2D eigenvalue weighted by molar-refractivity contribution is 7.15. The van der Waals surface area contributed by atoms with Crippen LogP contribution in [-0.4, -0.2) is 22.0 Å². The van der Waals surface area contributed by atoms with Crippen molar-refractivity contribution >= 4 is 45.3 Å². The van der Waals surface area contributed by atoms with E-state index >= 15 is 0 Å². The van der Waals surface area contributed by atoms with Gasteiger partial charge in [0.1, 0.15) is 5.01 Å². The van der Waals surface area contributed by atoms with Crippen LogP contribution < -0.4 is 5.32 Å². The Kier molecular flexibility index (Phi) is 4.47. The van der Waals surface area contributed by atoms with E-state index in [1.165, 1.54) is 22.7 Å². The van der Waals surface area contributed by atoms with Crippen molar-refractivity contribution in [2.45, 2.75) is 12.8 Å². The van der Waals surface area contributed by atoms with E-state index in [2.05, 4.69) is 15.5 Å². The number of anilines is 1. The summed E-state index contributed by atoms with van der Waals surface area (Å²) in [4.78, 5) is 12.4. The molecule has 2 heterocycles.